The lowest BCUT2D eigenvalue weighted by Gasteiger charge is -2.30. The fraction of sp³-hybridized carbons (Fsp3) is 0.444. The molecule has 174 valence electrons. The molecule has 1 N–H and O–H groups in total. The molecule has 2 aromatic carbocycles. The maximum absolute atomic E-state index is 13.3. The van der Waals surface area contributed by atoms with Crippen LogP contribution in [-0.2, 0) is 11.3 Å². The van der Waals surface area contributed by atoms with Gasteiger partial charge < -0.3 is 5.32 Å². The lowest BCUT2D eigenvalue weighted by Crippen LogP contribution is -2.50. The Hall–Kier alpha value is -2.99. The van der Waals surface area contributed by atoms with E-state index in [1.807, 2.05) is 38.1 Å². The number of nitrogens with one attached hydrogen (secondary N) is 1. The molecule has 6 nitrogen and oxygen atoms in total. The number of hydrogen-bond donors (Lipinski definition) is 1. The zero-order valence-electron chi connectivity index (χ0n) is 19.7. The van der Waals surface area contributed by atoms with E-state index in [9.17, 15) is 14.4 Å². The normalized spacial score (nSPS) is 18.8. The van der Waals surface area contributed by atoms with Crippen molar-refractivity contribution in [3.05, 3.63) is 65.2 Å². The summed E-state index contributed by atoms with van der Waals surface area (Å²) in [6, 6.07) is 13.8. The van der Waals surface area contributed by atoms with Crippen molar-refractivity contribution in [1.82, 2.24) is 9.80 Å². The standard InChI is InChI=1S/C27H33N3O3/c1-4-19(3)24(30-26(32)22-7-5-6-8-23(22)27(30)33)25(31)28-21-11-9-20(10-12-21)17-29-15-13-18(2)14-16-29/h5-12,18-19,24H,4,13-17H2,1-3H3,(H,28,31). The average molecular weight is 448 g/mol. The number of piperidine rings is 1. The predicted octanol–water partition coefficient (Wildman–Crippen LogP) is 4.57. The number of fused-ring (bicyclic) bond motifs is 1. The van der Waals surface area contributed by atoms with Gasteiger partial charge in [-0.2, -0.15) is 0 Å². The predicted molar refractivity (Wildman–Crippen MR) is 129 cm³/mol. The van der Waals surface area contributed by atoms with Crippen molar-refractivity contribution >= 4 is 23.4 Å². The van der Waals surface area contributed by atoms with Crippen LogP contribution in [0.2, 0.25) is 0 Å². The second-order valence-corrected chi connectivity index (χ2v) is 9.50. The van der Waals surface area contributed by atoms with Gasteiger partial charge in [0.05, 0.1) is 11.1 Å². The summed E-state index contributed by atoms with van der Waals surface area (Å²) in [6.45, 7) is 9.32. The minimum Gasteiger partial charge on any atom is -0.324 e. The summed E-state index contributed by atoms with van der Waals surface area (Å²) in [5.74, 6) is -0.506. The average Bonchev–Trinajstić information content (AvgIpc) is 3.07. The number of hydrogen-bond acceptors (Lipinski definition) is 4. The van der Waals surface area contributed by atoms with Crippen LogP contribution in [-0.4, -0.2) is 46.7 Å². The SMILES string of the molecule is CCC(C)C(C(=O)Nc1ccc(CN2CCC(C)CC2)cc1)N1C(=O)c2ccccc2C1=O. The van der Waals surface area contributed by atoms with Gasteiger partial charge in [-0.15, -0.1) is 0 Å². The molecule has 0 saturated carbocycles. The quantitative estimate of drug-likeness (QED) is 0.632. The van der Waals surface area contributed by atoms with E-state index in [0.717, 1.165) is 30.5 Å². The van der Waals surface area contributed by atoms with Gasteiger partial charge >= 0.3 is 0 Å². The zero-order valence-corrected chi connectivity index (χ0v) is 19.7. The molecule has 0 aliphatic carbocycles. The molecule has 2 heterocycles. The molecule has 2 aliphatic heterocycles. The summed E-state index contributed by atoms with van der Waals surface area (Å²) >= 11 is 0. The number of amides is 3. The molecule has 0 radical (unpaired) electrons. The van der Waals surface area contributed by atoms with E-state index >= 15 is 0 Å². The summed E-state index contributed by atoms with van der Waals surface area (Å²) < 4.78 is 0. The number of rotatable bonds is 7. The van der Waals surface area contributed by atoms with E-state index in [4.69, 9.17) is 0 Å². The number of carbonyl (C=O) groups is 3. The number of carbonyl (C=O) groups excluding carboxylic acids is 3. The van der Waals surface area contributed by atoms with Crippen molar-refractivity contribution < 1.29 is 14.4 Å². The molecular formula is C27H33N3O3. The van der Waals surface area contributed by atoms with Crippen molar-refractivity contribution in [3.63, 3.8) is 0 Å². The van der Waals surface area contributed by atoms with Crippen molar-refractivity contribution in [2.24, 2.45) is 11.8 Å². The molecule has 0 spiro atoms. The molecule has 1 saturated heterocycles. The summed E-state index contributed by atoms with van der Waals surface area (Å²) in [4.78, 5) is 42.9. The molecule has 6 heteroatoms. The Labute approximate surface area is 196 Å². The van der Waals surface area contributed by atoms with Gasteiger partial charge in [0.2, 0.25) is 5.91 Å². The first-order valence-electron chi connectivity index (χ1n) is 12.0. The second kappa shape index (κ2) is 9.87. The van der Waals surface area contributed by atoms with Gasteiger partial charge in [0.1, 0.15) is 6.04 Å². The van der Waals surface area contributed by atoms with Gasteiger partial charge in [0.25, 0.3) is 11.8 Å². The van der Waals surface area contributed by atoms with E-state index in [2.05, 4.69) is 17.1 Å². The Morgan fingerprint density at radius 3 is 2.12 bits per heavy atom. The highest BCUT2D eigenvalue weighted by molar-refractivity contribution is 6.23. The third-order valence-electron chi connectivity index (χ3n) is 7.06. The van der Waals surface area contributed by atoms with Gasteiger partial charge in [-0.1, -0.05) is 51.5 Å². The summed E-state index contributed by atoms with van der Waals surface area (Å²) in [6.07, 6.45) is 3.14. The smallest absolute Gasteiger partial charge is 0.262 e. The van der Waals surface area contributed by atoms with Crippen LogP contribution in [0.25, 0.3) is 0 Å². The summed E-state index contributed by atoms with van der Waals surface area (Å²) in [5, 5.41) is 2.94. The molecule has 2 atom stereocenters. The number of benzene rings is 2. The minimum absolute atomic E-state index is 0.173. The van der Waals surface area contributed by atoms with E-state index in [0.29, 0.717) is 23.2 Å². The molecule has 0 bridgehead atoms. The third kappa shape index (κ3) is 4.86. The molecule has 2 aromatic rings. The molecule has 0 aromatic heterocycles. The van der Waals surface area contributed by atoms with E-state index in [1.165, 1.54) is 18.4 Å². The van der Waals surface area contributed by atoms with Crippen LogP contribution in [0.3, 0.4) is 0 Å². The van der Waals surface area contributed by atoms with Gasteiger partial charge in [-0.25, -0.2) is 0 Å². The van der Waals surface area contributed by atoms with Crippen LogP contribution in [0.5, 0.6) is 0 Å². The van der Waals surface area contributed by atoms with Crippen molar-refractivity contribution in [3.8, 4) is 0 Å². The lowest BCUT2D eigenvalue weighted by molar-refractivity contribution is -0.121. The monoisotopic (exact) mass is 447 g/mol. The number of nitrogens with zero attached hydrogens (tertiary/aromatic N) is 2. The number of likely N-dealkylation sites (tertiary alicyclic amines) is 1. The first-order valence-corrected chi connectivity index (χ1v) is 12.0. The van der Waals surface area contributed by atoms with Crippen LogP contribution in [0, 0.1) is 11.8 Å². The zero-order chi connectivity index (χ0) is 23.5. The topological polar surface area (TPSA) is 69.7 Å². The third-order valence-corrected chi connectivity index (χ3v) is 7.06. The molecule has 2 aliphatic rings. The van der Waals surface area contributed by atoms with Crippen molar-refractivity contribution in [2.75, 3.05) is 18.4 Å². The van der Waals surface area contributed by atoms with Gasteiger partial charge in [-0.05, 0) is 67.6 Å². The highest BCUT2D eigenvalue weighted by atomic mass is 16.2. The Balaban J connectivity index is 1.46. The highest BCUT2D eigenvalue weighted by Gasteiger charge is 2.44. The molecule has 3 amide bonds. The van der Waals surface area contributed by atoms with Crippen LogP contribution >= 0.6 is 0 Å². The number of anilines is 1. The maximum Gasteiger partial charge on any atom is 0.262 e. The first-order chi connectivity index (χ1) is 15.9. The molecule has 1 fully saturated rings. The van der Waals surface area contributed by atoms with Crippen molar-refractivity contribution in [1.29, 1.82) is 0 Å². The van der Waals surface area contributed by atoms with Crippen LogP contribution in [0.15, 0.2) is 48.5 Å². The van der Waals surface area contributed by atoms with Crippen LogP contribution in [0.1, 0.15) is 66.3 Å². The van der Waals surface area contributed by atoms with Gasteiger partial charge in [-0.3, -0.25) is 24.2 Å². The van der Waals surface area contributed by atoms with Crippen LogP contribution in [0.4, 0.5) is 5.69 Å². The van der Waals surface area contributed by atoms with E-state index in [-0.39, 0.29) is 11.8 Å². The van der Waals surface area contributed by atoms with Crippen molar-refractivity contribution in [2.45, 2.75) is 52.6 Å². The Morgan fingerprint density at radius 2 is 1.58 bits per heavy atom. The van der Waals surface area contributed by atoms with Gasteiger partial charge in [0, 0.05) is 12.2 Å². The fourth-order valence-corrected chi connectivity index (χ4v) is 4.70. The number of imide groups is 1. The molecule has 2 unspecified atom stereocenters. The minimum atomic E-state index is -0.864. The molecule has 4 rings (SSSR count). The Kier molecular flexibility index (Phi) is 6.94. The lowest BCUT2D eigenvalue weighted by atomic mass is 9.96. The summed E-state index contributed by atoms with van der Waals surface area (Å²) in [5.41, 5.74) is 2.60. The first kappa shape index (κ1) is 23.2. The largest absolute Gasteiger partial charge is 0.324 e. The Bertz CT molecular complexity index is 990. The van der Waals surface area contributed by atoms with E-state index < -0.39 is 17.9 Å². The molecule has 33 heavy (non-hydrogen) atoms. The molecular weight excluding hydrogens is 414 g/mol. The second-order valence-electron chi connectivity index (χ2n) is 9.50. The van der Waals surface area contributed by atoms with Crippen LogP contribution < -0.4 is 5.32 Å². The van der Waals surface area contributed by atoms with Gasteiger partial charge in [0.15, 0.2) is 0 Å². The fourth-order valence-electron chi connectivity index (χ4n) is 4.70. The highest BCUT2D eigenvalue weighted by Crippen LogP contribution is 2.29. The van der Waals surface area contributed by atoms with E-state index in [1.54, 1.807) is 24.3 Å². The Morgan fingerprint density at radius 1 is 1.00 bits per heavy atom. The maximum atomic E-state index is 13.3. The summed E-state index contributed by atoms with van der Waals surface area (Å²) in [7, 11) is 0.